The first kappa shape index (κ1) is 27.7. The van der Waals surface area contributed by atoms with Crippen LogP contribution in [0.4, 0.5) is 0 Å². The van der Waals surface area contributed by atoms with E-state index in [0.717, 1.165) is 23.9 Å². The number of carbonyl (C=O) groups excluding carboxylic acids is 2. The van der Waals surface area contributed by atoms with Gasteiger partial charge < -0.3 is 14.0 Å². The number of carbonyl (C=O) groups is 2. The lowest BCUT2D eigenvalue weighted by Gasteiger charge is -2.21. The van der Waals surface area contributed by atoms with Gasteiger partial charge in [-0.15, -0.1) is 4.52 Å². The molecule has 0 heterocycles. The smallest absolute Gasteiger partial charge is 0.462 e. The standard InChI is InChI=1S/C11H22NO4P.C8H14O2/c1-10(2)11(13)15-8-9-17(14)16-7-6-12(3,4)5;1-4-5-6-10-8(9)7(2)3/h1,6-9H2,2-5H3;2,4-6H2,1,3H3/q+2;. The molecule has 27 heavy (non-hydrogen) atoms. The average molecular weight is 405 g/mol. The van der Waals surface area contributed by atoms with Gasteiger partial charge in [0.15, 0.2) is 6.61 Å². The summed E-state index contributed by atoms with van der Waals surface area (Å²) in [5.41, 5.74) is 0.808. The van der Waals surface area contributed by atoms with Crippen molar-refractivity contribution in [2.45, 2.75) is 33.6 Å². The highest BCUT2D eigenvalue weighted by molar-refractivity contribution is 7.39. The van der Waals surface area contributed by atoms with Crippen LogP contribution in [-0.4, -0.2) is 70.1 Å². The van der Waals surface area contributed by atoms with Crippen LogP contribution in [-0.2, 0) is 28.2 Å². The van der Waals surface area contributed by atoms with E-state index in [0.29, 0.717) is 24.4 Å². The number of hydrogen-bond donors (Lipinski definition) is 0. The Labute approximate surface area is 164 Å². The van der Waals surface area contributed by atoms with Crippen molar-refractivity contribution in [3.63, 3.8) is 0 Å². The van der Waals surface area contributed by atoms with Gasteiger partial charge in [-0.25, -0.2) is 9.59 Å². The predicted octanol–water partition coefficient (Wildman–Crippen LogP) is 3.48. The molecule has 0 aromatic rings. The molecule has 0 amide bonds. The number of unbranched alkanes of at least 4 members (excludes halogenated alkanes) is 1. The van der Waals surface area contributed by atoms with Gasteiger partial charge in [0.05, 0.1) is 27.7 Å². The van der Waals surface area contributed by atoms with E-state index in [9.17, 15) is 14.2 Å². The maximum Gasteiger partial charge on any atom is 0.511 e. The molecule has 0 bridgehead atoms. The van der Waals surface area contributed by atoms with Crippen LogP contribution in [0.3, 0.4) is 0 Å². The summed E-state index contributed by atoms with van der Waals surface area (Å²) in [5.74, 6) is -0.742. The fraction of sp³-hybridized carbons (Fsp3) is 0.684. The molecule has 0 aliphatic rings. The highest BCUT2D eigenvalue weighted by Crippen LogP contribution is 2.21. The molecular formula is C19H36NO6P+2. The van der Waals surface area contributed by atoms with Crippen LogP contribution < -0.4 is 0 Å². The molecule has 0 aromatic heterocycles. The van der Waals surface area contributed by atoms with Gasteiger partial charge in [-0.3, -0.25) is 0 Å². The van der Waals surface area contributed by atoms with E-state index in [2.05, 4.69) is 20.1 Å². The molecule has 0 saturated heterocycles. The minimum Gasteiger partial charge on any atom is -0.462 e. The first-order valence-electron chi connectivity index (χ1n) is 8.94. The van der Waals surface area contributed by atoms with Gasteiger partial charge in [-0.05, 0) is 24.8 Å². The molecule has 0 aliphatic carbocycles. The summed E-state index contributed by atoms with van der Waals surface area (Å²) in [6.45, 7) is 14.0. The van der Waals surface area contributed by atoms with E-state index in [-0.39, 0.29) is 18.7 Å². The molecule has 0 fully saturated rings. The second-order valence-corrected chi connectivity index (χ2v) is 8.46. The van der Waals surface area contributed by atoms with E-state index in [1.54, 1.807) is 13.8 Å². The number of quaternary nitrogens is 1. The number of ether oxygens (including phenoxy) is 2. The van der Waals surface area contributed by atoms with Crippen LogP contribution in [0.25, 0.3) is 0 Å². The summed E-state index contributed by atoms with van der Waals surface area (Å²) in [6, 6.07) is 0. The highest BCUT2D eigenvalue weighted by atomic mass is 31.1. The van der Waals surface area contributed by atoms with Crippen LogP contribution >= 0.6 is 8.03 Å². The van der Waals surface area contributed by atoms with Gasteiger partial charge in [0.1, 0.15) is 13.2 Å². The van der Waals surface area contributed by atoms with Crippen molar-refractivity contribution in [1.82, 2.24) is 0 Å². The van der Waals surface area contributed by atoms with Crippen LogP contribution in [0.1, 0.15) is 33.6 Å². The zero-order valence-electron chi connectivity index (χ0n) is 17.7. The van der Waals surface area contributed by atoms with Crippen molar-refractivity contribution < 1.29 is 32.6 Å². The fourth-order valence-electron chi connectivity index (χ4n) is 1.25. The SMILES string of the molecule is C=C(C)C(=O)OCCCC.C=C(C)C(=O)OCC[P+](=O)OCC[N+](C)(C)C. The van der Waals surface area contributed by atoms with E-state index in [1.165, 1.54) is 0 Å². The summed E-state index contributed by atoms with van der Waals surface area (Å²) >= 11 is 0. The predicted molar refractivity (Wildman–Crippen MR) is 108 cm³/mol. The Morgan fingerprint density at radius 1 is 0.926 bits per heavy atom. The van der Waals surface area contributed by atoms with Crippen LogP contribution in [0, 0.1) is 0 Å². The number of nitrogens with zero attached hydrogens (tertiary/aromatic N) is 1. The summed E-state index contributed by atoms with van der Waals surface area (Å²) in [6.07, 6.45) is 2.20. The number of rotatable bonds is 12. The topological polar surface area (TPSA) is 78.9 Å². The van der Waals surface area contributed by atoms with Gasteiger partial charge in [-0.1, -0.05) is 26.5 Å². The Morgan fingerprint density at radius 3 is 1.81 bits per heavy atom. The molecule has 1 unspecified atom stereocenters. The van der Waals surface area contributed by atoms with Gasteiger partial charge in [-0.2, -0.15) is 0 Å². The minimum absolute atomic E-state index is 0.102. The first-order valence-corrected chi connectivity index (χ1v) is 10.3. The number of hydrogen-bond acceptors (Lipinski definition) is 6. The van der Waals surface area contributed by atoms with Gasteiger partial charge in [0.2, 0.25) is 6.16 Å². The molecule has 0 spiro atoms. The third-order valence-corrected chi connectivity index (χ3v) is 3.95. The zero-order chi connectivity index (χ0) is 21.5. The fourth-order valence-corrected chi connectivity index (χ4v) is 1.90. The Hall–Kier alpha value is -1.56. The lowest BCUT2D eigenvalue weighted by Crippen LogP contribution is -2.37. The molecule has 1 atom stereocenters. The van der Waals surface area contributed by atoms with Crippen LogP contribution in [0.15, 0.2) is 24.3 Å². The van der Waals surface area contributed by atoms with Crippen molar-refractivity contribution in [3.8, 4) is 0 Å². The van der Waals surface area contributed by atoms with Crippen LogP contribution in [0.5, 0.6) is 0 Å². The Bertz CT molecular complexity index is 511. The molecule has 0 radical (unpaired) electrons. The van der Waals surface area contributed by atoms with Gasteiger partial charge in [0, 0.05) is 11.1 Å². The molecule has 156 valence electrons. The first-order chi connectivity index (χ1) is 12.4. The number of esters is 2. The Morgan fingerprint density at radius 2 is 1.41 bits per heavy atom. The van der Waals surface area contributed by atoms with E-state index in [1.807, 2.05) is 21.1 Å². The van der Waals surface area contributed by atoms with Crippen molar-refractivity contribution >= 4 is 20.0 Å². The average Bonchev–Trinajstić information content (AvgIpc) is 2.54. The Balaban J connectivity index is 0. The third kappa shape index (κ3) is 20.6. The third-order valence-electron chi connectivity index (χ3n) is 2.93. The molecule has 0 aliphatic heterocycles. The lowest BCUT2D eigenvalue weighted by atomic mass is 10.3. The summed E-state index contributed by atoms with van der Waals surface area (Å²) in [4.78, 5) is 21.7. The Kier molecular flexibility index (Phi) is 15.9. The molecule has 0 aromatic carbocycles. The normalized spacial score (nSPS) is 11.0. The second kappa shape index (κ2) is 15.5. The monoisotopic (exact) mass is 405 g/mol. The summed E-state index contributed by atoms with van der Waals surface area (Å²) in [5, 5.41) is 0. The lowest BCUT2D eigenvalue weighted by molar-refractivity contribution is -0.870. The maximum absolute atomic E-state index is 11.4. The molecule has 8 heteroatoms. The van der Waals surface area contributed by atoms with E-state index >= 15 is 0 Å². The molecule has 0 rings (SSSR count). The quantitative estimate of drug-likeness (QED) is 0.163. The van der Waals surface area contributed by atoms with Gasteiger partial charge in [0.25, 0.3) is 0 Å². The molecular weight excluding hydrogens is 369 g/mol. The molecule has 0 N–H and O–H groups in total. The molecule has 7 nitrogen and oxygen atoms in total. The maximum atomic E-state index is 11.4. The minimum atomic E-state index is -1.75. The highest BCUT2D eigenvalue weighted by Gasteiger charge is 2.20. The summed E-state index contributed by atoms with van der Waals surface area (Å²) < 4.78 is 26.9. The van der Waals surface area contributed by atoms with Gasteiger partial charge >= 0.3 is 20.0 Å². The summed E-state index contributed by atoms with van der Waals surface area (Å²) in [7, 11) is 4.35. The van der Waals surface area contributed by atoms with E-state index < -0.39 is 14.0 Å². The largest absolute Gasteiger partial charge is 0.511 e. The van der Waals surface area contributed by atoms with Crippen molar-refractivity contribution in [2.75, 3.05) is 53.7 Å². The number of likely N-dealkylation sites (N-methyl/N-ethyl adjacent to an activating group) is 1. The second-order valence-electron chi connectivity index (χ2n) is 7.09. The van der Waals surface area contributed by atoms with Crippen LogP contribution in [0.2, 0.25) is 0 Å². The van der Waals surface area contributed by atoms with Crippen molar-refractivity contribution in [2.24, 2.45) is 0 Å². The van der Waals surface area contributed by atoms with Crippen molar-refractivity contribution in [1.29, 1.82) is 0 Å². The zero-order valence-corrected chi connectivity index (χ0v) is 18.6. The van der Waals surface area contributed by atoms with E-state index in [4.69, 9.17) is 14.0 Å². The van der Waals surface area contributed by atoms with Crippen molar-refractivity contribution in [3.05, 3.63) is 24.3 Å². The molecule has 0 saturated carbocycles.